The first-order valence-electron chi connectivity index (χ1n) is 6.68. The van der Waals surface area contributed by atoms with E-state index in [9.17, 15) is 0 Å². The molecule has 2 heterocycles. The molecule has 96 valence electrons. The minimum absolute atomic E-state index is 0.846. The van der Waals surface area contributed by atoms with E-state index in [-0.39, 0.29) is 0 Å². The first kappa shape index (κ1) is 12.1. The van der Waals surface area contributed by atoms with Gasteiger partial charge in [-0.1, -0.05) is 18.2 Å². The van der Waals surface area contributed by atoms with E-state index in [1.54, 1.807) is 0 Å². The molecule has 0 radical (unpaired) electrons. The fourth-order valence-corrected chi connectivity index (χ4v) is 3.68. The number of para-hydroxylation sites is 1. The van der Waals surface area contributed by atoms with Gasteiger partial charge in [0.15, 0.2) is 0 Å². The quantitative estimate of drug-likeness (QED) is 0.909. The molecule has 0 amide bonds. The Bertz CT molecular complexity index is 469. The summed E-state index contributed by atoms with van der Waals surface area (Å²) in [6, 6.07) is 10.3. The van der Waals surface area contributed by atoms with E-state index >= 15 is 0 Å². The number of fused-ring (bicyclic) bond motifs is 1. The Morgan fingerprint density at radius 3 is 2.89 bits per heavy atom. The van der Waals surface area contributed by atoms with Gasteiger partial charge in [0, 0.05) is 5.39 Å². The SMILES string of the molecule is c1ccc2oc(CNCC3CCSCC3)cc2c1. The second kappa shape index (κ2) is 5.81. The highest BCUT2D eigenvalue weighted by Gasteiger charge is 2.13. The lowest BCUT2D eigenvalue weighted by atomic mass is 10.0. The normalized spacial score (nSPS) is 17.3. The number of rotatable bonds is 4. The fourth-order valence-electron chi connectivity index (χ4n) is 2.47. The van der Waals surface area contributed by atoms with Crippen molar-refractivity contribution in [1.29, 1.82) is 0 Å². The van der Waals surface area contributed by atoms with E-state index in [1.165, 1.54) is 29.7 Å². The largest absolute Gasteiger partial charge is 0.460 e. The van der Waals surface area contributed by atoms with E-state index in [1.807, 2.05) is 12.1 Å². The first-order chi connectivity index (χ1) is 8.92. The zero-order valence-electron chi connectivity index (χ0n) is 10.5. The zero-order valence-corrected chi connectivity index (χ0v) is 11.3. The molecule has 0 atom stereocenters. The molecule has 1 N–H and O–H groups in total. The standard InChI is InChI=1S/C15H19NOS/c1-2-4-15-13(3-1)9-14(17-15)11-16-10-12-5-7-18-8-6-12/h1-4,9,12,16H,5-8,10-11H2. The molecule has 1 aromatic carbocycles. The Morgan fingerprint density at radius 2 is 2.06 bits per heavy atom. The maximum absolute atomic E-state index is 5.79. The van der Waals surface area contributed by atoms with Crippen LogP contribution in [0.25, 0.3) is 11.0 Å². The fraction of sp³-hybridized carbons (Fsp3) is 0.467. The van der Waals surface area contributed by atoms with E-state index in [0.717, 1.165) is 30.4 Å². The molecule has 2 nitrogen and oxygen atoms in total. The Balaban J connectivity index is 1.53. The topological polar surface area (TPSA) is 25.2 Å². The molecule has 1 saturated heterocycles. The predicted molar refractivity (Wildman–Crippen MR) is 78.0 cm³/mol. The molecule has 1 aliphatic heterocycles. The van der Waals surface area contributed by atoms with Gasteiger partial charge in [-0.2, -0.15) is 11.8 Å². The molecule has 18 heavy (non-hydrogen) atoms. The van der Waals surface area contributed by atoms with Crippen LogP contribution >= 0.6 is 11.8 Å². The number of hydrogen-bond acceptors (Lipinski definition) is 3. The van der Waals surface area contributed by atoms with Crippen molar-refractivity contribution in [3.63, 3.8) is 0 Å². The second-order valence-corrected chi connectivity index (χ2v) is 6.16. The second-order valence-electron chi connectivity index (χ2n) is 4.94. The van der Waals surface area contributed by atoms with Gasteiger partial charge in [-0.05, 0) is 48.9 Å². The zero-order chi connectivity index (χ0) is 12.2. The highest BCUT2D eigenvalue weighted by molar-refractivity contribution is 7.99. The van der Waals surface area contributed by atoms with Crippen LogP contribution < -0.4 is 5.32 Å². The van der Waals surface area contributed by atoms with Gasteiger partial charge in [-0.15, -0.1) is 0 Å². The van der Waals surface area contributed by atoms with Gasteiger partial charge in [0.25, 0.3) is 0 Å². The number of furan rings is 1. The van der Waals surface area contributed by atoms with Crippen LogP contribution in [0.4, 0.5) is 0 Å². The first-order valence-corrected chi connectivity index (χ1v) is 7.83. The van der Waals surface area contributed by atoms with Gasteiger partial charge < -0.3 is 9.73 Å². The third kappa shape index (κ3) is 2.90. The molecule has 0 aliphatic carbocycles. The average Bonchev–Trinajstić information content (AvgIpc) is 2.82. The number of hydrogen-bond donors (Lipinski definition) is 1. The van der Waals surface area contributed by atoms with Crippen molar-refractivity contribution in [3.05, 3.63) is 36.1 Å². The number of benzene rings is 1. The average molecular weight is 261 g/mol. The molecule has 3 rings (SSSR count). The maximum Gasteiger partial charge on any atom is 0.134 e. The molecule has 3 heteroatoms. The van der Waals surface area contributed by atoms with E-state index < -0.39 is 0 Å². The van der Waals surface area contributed by atoms with Crippen LogP contribution in [0.2, 0.25) is 0 Å². The summed E-state index contributed by atoms with van der Waals surface area (Å²) < 4.78 is 5.79. The molecular formula is C15H19NOS. The smallest absolute Gasteiger partial charge is 0.134 e. The van der Waals surface area contributed by atoms with Gasteiger partial charge >= 0.3 is 0 Å². The van der Waals surface area contributed by atoms with Crippen molar-refractivity contribution in [1.82, 2.24) is 5.32 Å². The summed E-state index contributed by atoms with van der Waals surface area (Å²) in [5, 5.41) is 4.73. The minimum atomic E-state index is 0.846. The number of nitrogens with one attached hydrogen (secondary N) is 1. The van der Waals surface area contributed by atoms with Gasteiger partial charge in [0.1, 0.15) is 11.3 Å². The lowest BCUT2D eigenvalue weighted by Crippen LogP contribution is -2.25. The van der Waals surface area contributed by atoms with Crippen LogP contribution in [0.3, 0.4) is 0 Å². The molecule has 1 aromatic heterocycles. The molecule has 0 unspecified atom stereocenters. The highest BCUT2D eigenvalue weighted by Crippen LogP contribution is 2.22. The van der Waals surface area contributed by atoms with Crippen molar-refractivity contribution >= 4 is 22.7 Å². The van der Waals surface area contributed by atoms with E-state index in [0.29, 0.717) is 0 Å². The summed E-state index contributed by atoms with van der Waals surface area (Å²) in [5.74, 6) is 4.56. The minimum Gasteiger partial charge on any atom is -0.460 e. The summed E-state index contributed by atoms with van der Waals surface area (Å²) in [7, 11) is 0. The summed E-state index contributed by atoms with van der Waals surface area (Å²) in [5.41, 5.74) is 0.989. The number of thioether (sulfide) groups is 1. The molecule has 0 bridgehead atoms. The van der Waals surface area contributed by atoms with Crippen molar-refractivity contribution in [2.45, 2.75) is 19.4 Å². The van der Waals surface area contributed by atoms with E-state index in [2.05, 4.69) is 35.3 Å². The monoisotopic (exact) mass is 261 g/mol. The molecule has 2 aromatic rings. The summed E-state index contributed by atoms with van der Waals surface area (Å²) in [6.45, 7) is 1.97. The van der Waals surface area contributed by atoms with Crippen LogP contribution in [-0.4, -0.2) is 18.1 Å². The molecule has 0 saturated carbocycles. The van der Waals surface area contributed by atoms with Crippen molar-refractivity contribution in [2.75, 3.05) is 18.1 Å². The molecule has 0 spiro atoms. The summed E-state index contributed by atoms with van der Waals surface area (Å²) in [4.78, 5) is 0. The van der Waals surface area contributed by atoms with Gasteiger partial charge in [0.2, 0.25) is 0 Å². The molecular weight excluding hydrogens is 242 g/mol. The molecule has 1 fully saturated rings. The van der Waals surface area contributed by atoms with Gasteiger partial charge in [-0.25, -0.2) is 0 Å². The third-order valence-electron chi connectivity index (χ3n) is 3.55. The Hall–Kier alpha value is -0.930. The molecule has 1 aliphatic rings. The van der Waals surface area contributed by atoms with E-state index in [4.69, 9.17) is 4.42 Å². The van der Waals surface area contributed by atoms with Crippen molar-refractivity contribution in [2.24, 2.45) is 5.92 Å². The van der Waals surface area contributed by atoms with Gasteiger partial charge in [0.05, 0.1) is 6.54 Å². The Kier molecular flexibility index (Phi) is 3.91. The van der Waals surface area contributed by atoms with Crippen LogP contribution in [0, 0.1) is 5.92 Å². The summed E-state index contributed by atoms with van der Waals surface area (Å²) >= 11 is 2.09. The van der Waals surface area contributed by atoms with Gasteiger partial charge in [-0.3, -0.25) is 0 Å². The highest BCUT2D eigenvalue weighted by atomic mass is 32.2. The van der Waals surface area contributed by atoms with Crippen LogP contribution in [0.5, 0.6) is 0 Å². The lowest BCUT2D eigenvalue weighted by Gasteiger charge is -2.21. The van der Waals surface area contributed by atoms with Crippen LogP contribution in [0.1, 0.15) is 18.6 Å². The van der Waals surface area contributed by atoms with Crippen molar-refractivity contribution in [3.8, 4) is 0 Å². The summed E-state index contributed by atoms with van der Waals surface area (Å²) in [6.07, 6.45) is 2.72. The lowest BCUT2D eigenvalue weighted by molar-refractivity contribution is 0.428. The Labute approximate surface area is 112 Å². The van der Waals surface area contributed by atoms with Crippen molar-refractivity contribution < 1.29 is 4.42 Å². The predicted octanol–water partition coefficient (Wildman–Crippen LogP) is 3.67. The Morgan fingerprint density at radius 1 is 1.22 bits per heavy atom. The maximum atomic E-state index is 5.79. The van der Waals surface area contributed by atoms with Crippen LogP contribution in [-0.2, 0) is 6.54 Å². The third-order valence-corrected chi connectivity index (χ3v) is 4.60. The van der Waals surface area contributed by atoms with Crippen LogP contribution in [0.15, 0.2) is 34.7 Å².